The van der Waals surface area contributed by atoms with Crippen LogP contribution >= 0.6 is 0 Å². The number of amides is 1. The van der Waals surface area contributed by atoms with Crippen LogP contribution in [0, 0.1) is 0 Å². The number of nitrogens with zero attached hydrogens (tertiary/aromatic N) is 2. The molecule has 0 radical (unpaired) electrons. The third kappa shape index (κ3) is 4.87. The van der Waals surface area contributed by atoms with E-state index in [1.807, 2.05) is 13.8 Å². The number of pyridine rings is 1. The fourth-order valence-corrected chi connectivity index (χ4v) is 1.76. The van der Waals surface area contributed by atoms with E-state index >= 15 is 0 Å². The fourth-order valence-electron chi connectivity index (χ4n) is 1.76. The number of rotatable bonds is 8. The molecule has 0 fully saturated rings. The summed E-state index contributed by atoms with van der Waals surface area (Å²) in [4.78, 5) is 28.4. The Balaban J connectivity index is 2.76. The normalized spacial score (nSPS) is 10.1. The first-order chi connectivity index (χ1) is 9.58. The second-order valence-electron chi connectivity index (χ2n) is 4.48. The molecule has 0 saturated heterocycles. The third-order valence-electron chi connectivity index (χ3n) is 2.69. The molecular formula is C14H21N3O3. The van der Waals surface area contributed by atoms with Crippen LogP contribution in [-0.2, 0) is 4.79 Å². The van der Waals surface area contributed by atoms with Gasteiger partial charge in [-0.3, -0.25) is 9.59 Å². The van der Waals surface area contributed by atoms with Crippen LogP contribution in [0.2, 0.25) is 0 Å². The molecule has 6 heteroatoms. The minimum atomic E-state index is -0.898. The first-order valence-electron chi connectivity index (χ1n) is 6.79. The van der Waals surface area contributed by atoms with Gasteiger partial charge in [-0.25, -0.2) is 4.98 Å². The van der Waals surface area contributed by atoms with Crippen LogP contribution in [0.4, 0.5) is 5.82 Å². The number of hydrogen-bond acceptors (Lipinski definition) is 4. The molecule has 1 rings (SSSR count). The van der Waals surface area contributed by atoms with Crippen molar-refractivity contribution in [1.29, 1.82) is 0 Å². The maximum absolute atomic E-state index is 11.7. The first kappa shape index (κ1) is 15.9. The Morgan fingerprint density at radius 3 is 2.55 bits per heavy atom. The number of carbonyl (C=O) groups excluding carboxylic acids is 1. The Labute approximate surface area is 118 Å². The average Bonchev–Trinajstić information content (AvgIpc) is 2.44. The molecule has 0 aliphatic rings. The van der Waals surface area contributed by atoms with E-state index in [9.17, 15) is 9.59 Å². The van der Waals surface area contributed by atoms with Gasteiger partial charge in [0.1, 0.15) is 12.4 Å². The molecular weight excluding hydrogens is 258 g/mol. The topological polar surface area (TPSA) is 82.5 Å². The van der Waals surface area contributed by atoms with E-state index in [2.05, 4.69) is 10.3 Å². The lowest BCUT2D eigenvalue weighted by Gasteiger charge is -2.20. The van der Waals surface area contributed by atoms with E-state index in [1.165, 1.54) is 6.20 Å². The summed E-state index contributed by atoms with van der Waals surface area (Å²) in [6.45, 7) is 5.10. The molecule has 0 bridgehead atoms. The number of nitrogens with one attached hydrogen (secondary N) is 1. The molecule has 0 aliphatic carbocycles. The Morgan fingerprint density at radius 1 is 1.30 bits per heavy atom. The molecule has 110 valence electrons. The molecule has 0 saturated carbocycles. The minimum absolute atomic E-state index is 0.0950. The Morgan fingerprint density at radius 2 is 2.05 bits per heavy atom. The largest absolute Gasteiger partial charge is 0.480 e. The summed E-state index contributed by atoms with van der Waals surface area (Å²) in [7, 11) is 0. The highest BCUT2D eigenvalue weighted by atomic mass is 16.4. The molecule has 6 nitrogen and oxygen atoms in total. The Kier molecular flexibility index (Phi) is 6.49. The van der Waals surface area contributed by atoms with Crippen LogP contribution in [-0.4, -0.2) is 41.6 Å². The van der Waals surface area contributed by atoms with Gasteiger partial charge in [0.25, 0.3) is 5.91 Å². The number of aromatic nitrogens is 1. The molecule has 1 heterocycles. The van der Waals surface area contributed by atoms with Gasteiger partial charge < -0.3 is 15.3 Å². The smallest absolute Gasteiger partial charge is 0.323 e. The Bertz CT molecular complexity index is 445. The van der Waals surface area contributed by atoms with Crippen molar-refractivity contribution in [3.05, 3.63) is 23.9 Å². The highest BCUT2D eigenvalue weighted by Crippen LogP contribution is 2.11. The van der Waals surface area contributed by atoms with Gasteiger partial charge in [-0.05, 0) is 25.0 Å². The molecule has 1 amide bonds. The SMILES string of the molecule is CCCNC(=O)c1ccc(N(CCC)CC(=O)O)nc1. The number of carbonyl (C=O) groups is 2. The van der Waals surface area contributed by atoms with Gasteiger partial charge in [0.15, 0.2) is 0 Å². The van der Waals surface area contributed by atoms with Crippen molar-refractivity contribution in [3.8, 4) is 0 Å². The van der Waals surface area contributed by atoms with E-state index in [0.717, 1.165) is 12.8 Å². The zero-order chi connectivity index (χ0) is 15.0. The Hall–Kier alpha value is -2.11. The lowest BCUT2D eigenvalue weighted by atomic mass is 10.2. The lowest BCUT2D eigenvalue weighted by Crippen LogP contribution is -2.31. The monoisotopic (exact) mass is 279 g/mol. The number of anilines is 1. The van der Waals surface area contributed by atoms with E-state index in [1.54, 1.807) is 17.0 Å². The molecule has 0 aromatic carbocycles. The zero-order valence-electron chi connectivity index (χ0n) is 11.9. The molecule has 1 aromatic rings. The molecule has 0 aliphatic heterocycles. The maximum atomic E-state index is 11.7. The maximum Gasteiger partial charge on any atom is 0.323 e. The van der Waals surface area contributed by atoms with Crippen molar-refractivity contribution in [3.63, 3.8) is 0 Å². The van der Waals surface area contributed by atoms with Gasteiger partial charge in [-0.2, -0.15) is 0 Å². The second-order valence-corrected chi connectivity index (χ2v) is 4.48. The molecule has 0 unspecified atom stereocenters. The summed E-state index contributed by atoms with van der Waals surface area (Å²) >= 11 is 0. The second kappa shape index (κ2) is 8.14. The van der Waals surface area contributed by atoms with Crippen LogP contribution < -0.4 is 10.2 Å². The standard InChI is InChI=1S/C14H21N3O3/c1-3-7-15-14(20)11-5-6-12(16-9-11)17(8-4-2)10-13(18)19/h5-6,9H,3-4,7-8,10H2,1-2H3,(H,15,20)(H,18,19). The predicted molar refractivity (Wildman–Crippen MR) is 77.0 cm³/mol. The van der Waals surface area contributed by atoms with Crippen molar-refractivity contribution >= 4 is 17.7 Å². The van der Waals surface area contributed by atoms with Gasteiger partial charge in [0.2, 0.25) is 0 Å². The van der Waals surface area contributed by atoms with Gasteiger partial charge in [-0.1, -0.05) is 13.8 Å². The predicted octanol–water partition coefficient (Wildman–Crippen LogP) is 1.52. The number of hydrogen-bond donors (Lipinski definition) is 2. The third-order valence-corrected chi connectivity index (χ3v) is 2.69. The van der Waals surface area contributed by atoms with E-state index in [4.69, 9.17) is 5.11 Å². The van der Waals surface area contributed by atoms with Crippen LogP contribution in [0.15, 0.2) is 18.3 Å². The highest BCUT2D eigenvalue weighted by molar-refractivity contribution is 5.94. The molecule has 1 aromatic heterocycles. The molecule has 0 spiro atoms. The summed E-state index contributed by atoms with van der Waals surface area (Å²) in [5, 5.41) is 11.6. The van der Waals surface area contributed by atoms with Crippen molar-refractivity contribution < 1.29 is 14.7 Å². The summed E-state index contributed by atoms with van der Waals surface area (Å²) in [6.07, 6.45) is 3.18. The van der Waals surface area contributed by atoms with E-state index in [0.29, 0.717) is 24.5 Å². The average molecular weight is 279 g/mol. The van der Waals surface area contributed by atoms with Gasteiger partial charge in [-0.15, -0.1) is 0 Å². The van der Waals surface area contributed by atoms with E-state index < -0.39 is 5.97 Å². The zero-order valence-corrected chi connectivity index (χ0v) is 11.9. The minimum Gasteiger partial charge on any atom is -0.480 e. The summed E-state index contributed by atoms with van der Waals surface area (Å²) in [5.74, 6) is -0.488. The van der Waals surface area contributed by atoms with Crippen molar-refractivity contribution in [2.45, 2.75) is 26.7 Å². The lowest BCUT2D eigenvalue weighted by molar-refractivity contribution is -0.135. The van der Waals surface area contributed by atoms with Gasteiger partial charge in [0, 0.05) is 19.3 Å². The van der Waals surface area contributed by atoms with Gasteiger partial charge >= 0.3 is 5.97 Å². The fraction of sp³-hybridized carbons (Fsp3) is 0.500. The van der Waals surface area contributed by atoms with Crippen LogP contribution in [0.1, 0.15) is 37.0 Å². The van der Waals surface area contributed by atoms with Crippen molar-refractivity contribution in [2.24, 2.45) is 0 Å². The quantitative estimate of drug-likeness (QED) is 0.754. The van der Waals surface area contributed by atoms with Crippen LogP contribution in [0.3, 0.4) is 0 Å². The van der Waals surface area contributed by atoms with Crippen molar-refractivity contribution in [2.75, 3.05) is 24.5 Å². The van der Waals surface area contributed by atoms with Crippen molar-refractivity contribution in [1.82, 2.24) is 10.3 Å². The molecule has 2 N–H and O–H groups in total. The highest BCUT2D eigenvalue weighted by Gasteiger charge is 2.12. The number of carboxylic acids is 1. The molecule has 20 heavy (non-hydrogen) atoms. The van der Waals surface area contributed by atoms with Crippen LogP contribution in [0.25, 0.3) is 0 Å². The molecule has 0 atom stereocenters. The summed E-state index contributed by atoms with van der Waals surface area (Å²) in [6, 6.07) is 3.34. The number of carboxylic acid groups (broad SMARTS) is 1. The van der Waals surface area contributed by atoms with Crippen LogP contribution in [0.5, 0.6) is 0 Å². The summed E-state index contributed by atoms with van der Waals surface area (Å²) < 4.78 is 0. The summed E-state index contributed by atoms with van der Waals surface area (Å²) in [5.41, 5.74) is 0.481. The van der Waals surface area contributed by atoms with Gasteiger partial charge in [0.05, 0.1) is 5.56 Å². The number of aliphatic carboxylic acids is 1. The first-order valence-corrected chi connectivity index (χ1v) is 6.79. The van der Waals surface area contributed by atoms with E-state index in [-0.39, 0.29) is 12.5 Å².